The van der Waals surface area contributed by atoms with E-state index in [-0.39, 0.29) is 5.92 Å². The highest BCUT2D eigenvalue weighted by Crippen LogP contribution is 2.37. The number of halogens is 2. The summed E-state index contributed by atoms with van der Waals surface area (Å²) in [5.41, 5.74) is 6.51. The molecule has 0 amide bonds. The second-order valence-corrected chi connectivity index (χ2v) is 5.14. The van der Waals surface area contributed by atoms with Crippen molar-refractivity contribution >= 4 is 27.6 Å². The first kappa shape index (κ1) is 15.0. The second kappa shape index (κ2) is 6.18. The lowest BCUT2D eigenvalue weighted by Gasteiger charge is -2.23. The van der Waals surface area contributed by atoms with Gasteiger partial charge in [0.2, 0.25) is 0 Å². The number of carbonyl (C=O) groups is 1. The van der Waals surface area contributed by atoms with Crippen LogP contribution in [0.1, 0.15) is 38.2 Å². The summed E-state index contributed by atoms with van der Waals surface area (Å²) in [7, 11) is 0. The van der Waals surface area contributed by atoms with E-state index in [0.29, 0.717) is 28.6 Å². The van der Waals surface area contributed by atoms with Gasteiger partial charge in [-0.3, -0.25) is 4.79 Å². The average Bonchev–Trinajstić information content (AvgIpc) is 2.30. The smallest absolute Gasteiger partial charge is 0.311 e. The fraction of sp³-hybridized carbons (Fsp3) is 0.462. The minimum atomic E-state index is -0.965. The zero-order chi connectivity index (χ0) is 13.9. The molecule has 0 bridgehead atoms. The molecule has 1 aromatic carbocycles. The van der Waals surface area contributed by atoms with Gasteiger partial charge in [-0.25, -0.2) is 4.39 Å². The summed E-state index contributed by atoms with van der Waals surface area (Å²) in [6.45, 7) is 3.85. The van der Waals surface area contributed by atoms with Gasteiger partial charge in [0.25, 0.3) is 0 Å². The highest BCUT2D eigenvalue weighted by Gasteiger charge is 2.30. The highest BCUT2D eigenvalue weighted by atomic mass is 79.9. The molecule has 0 spiro atoms. The lowest BCUT2D eigenvalue weighted by molar-refractivity contribution is -0.140. The van der Waals surface area contributed by atoms with Crippen molar-refractivity contribution in [1.29, 1.82) is 0 Å². The van der Waals surface area contributed by atoms with Crippen molar-refractivity contribution in [3.63, 3.8) is 0 Å². The van der Waals surface area contributed by atoms with E-state index in [1.165, 1.54) is 12.1 Å². The van der Waals surface area contributed by atoms with Crippen LogP contribution in [0.25, 0.3) is 0 Å². The molecule has 0 fully saturated rings. The molecule has 3 nitrogen and oxygen atoms in total. The predicted octanol–water partition coefficient (Wildman–Crippen LogP) is 3.77. The maximum atomic E-state index is 13.4. The van der Waals surface area contributed by atoms with E-state index in [1.54, 1.807) is 0 Å². The first-order valence-corrected chi connectivity index (χ1v) is 6.68. The Bertz CT molecular complexity index is 447. The van der Waals surface area contributed by atoms with E-state index < -0.39 is 17.7 Å². The van der Waals surface area contributed by atoms with Gasteiger partial charge in [0.15, 0.2) is 0 Å². The van der Waals surface area contributed by atoms with Gasteiger partial charge in [-0.1, -0.05) is 26.7 Å². The number of rotatable bonds is 5. The molecule has 0 heterocycles. The van der Waals surface area contributed by atoms with Gasteiger partial charge < -0.3 is 10.8 Å². The second-order valence-electron chi connectivity index (χ2n) is 4.28. The Balaban J connectivity index is 3.34. The van der Waals surface area contributed by atoms with E-state index in [1.807, 2.05) is 13.8 Å². The molecule has 0 aliphatic heterocycles. The molecule has 5 heteroatoms. The first-order valence-electron chi connectivity index (χ1n) is 5.89. The highest BCUT2D eigenvalue weighted by molar-refractivity contribution is 9.10. The molecular weight excluding hydrogens is 301 g/mol. The average molecular weight is 318 g/mol. The van der Waals surface area contributed by atoms with Crippen molar-refractivity contribution in [2.45, 2.75) is 32.6 Å². The van der Waals surface area contributed by atoms with Crippen LogP contribution in [0.15, 0.2) is 16.6 Å². The monoisotopic (exact) mass is 317 g/mol. The van der Waals surface area contributed by atoms with E-state index in [9.17, 15) is 14.3 Å². The van der Waals surface area contributed by atoms with Gasteiger partial charge in [-0.2, -0.15) is 0 Å². The van der Waals surface area contributed by atoms with Gasteiger partial charge in [-0.05, 0) is 39.5 Å². The number of carboxylic acid groups (broad SMARTS) is 1. The molecule has 0 aromatic heterocycles. The SMILES string of the molecule is CCC(CC)C(C(=O)O)c1cc(F)cc(Br)c1N. The van der Waals surface area contributed by atoms with Crippen LogP contribution in [0, 0.1) is 11.7 Å². The summed E-state index contributed by atoms with van der Waals surface area (Å²) in [5, 5.41) is 9.37. The van der Waals surface area contributed by atoms with Crippen LogP contribution < -0.4 is 5.73 Å². The molecule has 100 valence electrons. The maximum Gasteiger partial charge on any atom is 0.311 e. The number of carboxylic acids is 1. The lowest BCUT2D eigenvalue weighted by atomic mass is 9.82. The van der Waals surface area contributed by atoms with E-state index >= 15 is 0 Å². The number of anilines is 1. The third-order valence-electron chi connectivity index (χ3n) is 3.25. The number of hydrogen-bond acceptors (Lipinski definition) is 2. The first-order chi connectivity index (χ1) is 8.42. The summed E-state index contributed by atoms with van der Waals surface area (Å²) in [4.78, 5) is 11.4. The third kappa shape index (κ3) is 3.02. The van der Waals surface area contributed by atoms with Gasteiger partial charge in [0.1, 0.15) is 5.82 Å². The Kier molecular flexibility index (Phi) is 5.14. The van der Waals surface area contributed by atoms with Gasteiger partial charge in [-0.15, -0.1) is 0 Å². The van der Waals surface area contributed by atoms with Crippen molar-refractivity contribution in [3.05, 3.63) is 28.0 Å². The molecule has 0 saturated carbocycles. The fourth-order valence-corrected chi connectivity index (χ4v) is 2.66. The van der Waals surface area contributed by atoms with Crippen LogP contribution >= 0.6 is 15.9 Å². The quantitative estimate of drug-likeness (QED) is 0.812. The molecule has 0 aliphatic rings. The minimum Gasteiger partial charge on any atom is -0.481 e. The summed E-state index contributed by atoms with van der Waals surface area (Å²) in [5.74, 6) is -2.28. The Hall–Kier alpha value is -1.10. The Morgan fingerprint density at radius 1 is 1.44 bits per heavy atom. The maximum absolute atomic E-state index is 13.4. The molecule has 0 aliphatic carbocycles. The summed E-state index contributed by atoms with van der Waals surface area (Å²) in [6, 6.07) is 2.46. The zero-order valence-electron chi connectivity index (χ0n) is 10.4. The summed E-state index contributed by atoms with van der Waals surface area (Å²) < 4.78 is 13.8. The van der Waals surface area contributed by atoms with Crippen molar-refractivity contribution < 1.29 is 14.3 Å². The molecule has 0 radical (unpaired) electrons. The topological polar surface area (TPSA) is 63.3 Å². The summed E-state index contributed by atoms with van der Waals surface area (Å²) >= 11 is 3.15. The Morgan fingerprint density at radius 2 is 2.00 bits per heavy atom. The van der Waals surface area contributed by atoms with Crippen LogP contribution in [-0.4, -0.2) is 11.1 Å². The van der Waals surface area contributed by atoms with Gasteiger partial charge in [0.05, 0.1) is 11.6 Å². The van der Waals surface area contributed by atoms with Crippen molar-refractivity contribution in [2.75, 3.05) is 5.73 Å². The van der Waals surface area contributed by atoms with Crippen molar-refractivity contribution in [3.8, 4) is 0 Å². The summed E-state index contributed by atoms with van der Waals surface area (Å²) in [6.07, 6.45) is 1.42. The Morgan fingerprint density at radius 3 is 2.44 bits per heavy atom. The molecular formula is C13H17BrFNO2. The van der Waals surface area contributed by atoms with Gasteiger partial charge >= 0.3 is 5.97 Å². The minimum absolute atomic E-state index is 0.0569. The molecule has 1 rings (SSSR count). The number of hydrogen-bond donors (Lipinski definition) is 2. The molecule has 1 atom stereocenters. The van der Waals surface area contributed by atoms with Crippen LogP contribution in [0.2, 0.25) is 0 Å². The number of nitrogen functional groups attached to an aromatic ring is 1. The van der Waals surface area contributed by atoms with E-state index in [2.05, 4.69) is 15.9 Å². The molecule has 1 aromatic rings. The van der Waals surface area contributed by atoms with Crippen LogP contribution in [0.5, 0.6) is 0 Å². The van der Waals surface area contributed by atoms with Crippen molar-refractivity contribution in [1.82, 2.24) is 0 Å². The fourth-order valence-electron chi connectivity index (χ4n) is 2.21. The molecule has 0 saturated heterocycles. The Labute approximate surface area is 114 Å². The number of nitrogens with two attached hydrogens (primary N) is 1. The van der Waals surface area contributed by atoms with Crippen LogP contribution in [0.3, 0.4) is 0 Å². The third-order valence-corrected chi connectivity index (χ3v) is 3.90. The van der Waals surface area contributed by atoms with Gasteiger partial charge in [0, 0.05) is 4.47 Å². The largest absolute Gasteiger partial charge is 0.481 e. The van der Waals surface area contributed by atoms with E-state index in [4.69, 9.17) is 5.73 Å². The predicted molar refractivity (Wildman–Crippen MR) is 73.0 cm³/mol. The molecule has 18 heavy (non-hydrogen) atoms. The molecule has 3 N–H and O–H groups in total. The lowest BCUT2D eigenvalue weighted by Crippen LogP contribution is -2.22. The van der Waals surface area contributed by atoms with Crippen LogP contribution in [0.4, 0.5) is 10.1 Å². The normalized spacial score (nSPS) is 12.7. The zero-order valence-corrected chi connectivity index (χ0v) is 12.0. The number of benzene rings is 1. The molecule has 1 unspecified atom stereocenters. The van der Waals surface area contributed by atoms with Crippen molar-refractivity contribution in [2.24, 2.45) is 5.92 Å². The van der Waals surface area contributed by atoms with E-state index in [0.717, 1.165) is 0 Å². The standard InChI is InChI=1S/C13H17BrFNO2/c1-3-7(4-2)11(13(17)18)9-5-8(15)6-10(14)12(9)16/h5-7,11H,3-4,16H2,1-2H3,(H,17,18). The van der Waals surface area contributed by atoms with Crippen LogP contribution in [-0.2, 0) is 4.79 Å². The number of aliphatic carboxylic acids is 1.